The lowest BCUT2D eigenvalue weighted by atomic mass is 10.1. The van der Waals surface area contributed by atoms with Gasteiger partial charge >= 0.3 is 0 Å². The van der Waals surface area contributed by atoms with Crippen LogP contribution in [0, 0.1) is 0 Å². The molecule has 0 aliphatic carbocycles. The second kappa shape index (κ2) is 10.6. The second-order valence-corrected chi connectivity index (χ2v) is 4.99. The van der Waals surface area contributed by atoms with Crippen molar-refractivity contribution in [3.63, 3.8) is 0 Å². The van der Waals surface area contributed by atoms with Crippen LogP contribution >= 0.6 is 11.8 Å². The fraction of sp³-hybridized carbons (Fsp3) is 0.923. The zero-order chi connectivity index (χ0) is 14.8. The molecule has 6 heteroatoms. The highest BCUT2D eigenvalue weighted by atomic mass is 32.2. The molecule has 0 radical (unpaired) electrons. The number of fused-ring (bicyclic) bond motifs is 1. The summed E-state index contributed by atoms with van der Waals surface area (Å²) in [5.74, 6) is 0. The molecule has 0 aromatic carbocycles. The van der Waals surface area contributed by atoms with Crippen LogP contribution in [0.15, 0.2) is 0 Å². The summed E-state index contributed by atoms with van der Waals surface area (Å²) in [6, 6.07) is 0. The molecule has 114 valence electrons. The third kappa shape index (κ3) is 5.39. The van der Waals surface area contributed by atoms with Crippen molar-refractivity contribution in [3.8, 4) is 0 Å². The lowest BCUT2D eigenvalue weighted by molar-refractivity contribution is -0.109. The average Bonchev–Trinajstić information content (AvgIpc) is 2.99. The molecule has 0 saturated carbocycles. The number of ether oxygens (including phenoxy) is 3. The van der Waals surface area contributed by atoms with Gasteiger partial charge in [0, 0.05) is 6.92 Å². The van der Waals surface area contributed by atoms with E-state index in [0.29, 0.717) is 13.2 Å². The van der Waals surface area contributed by atoms with Crippen LogP contribution in [-0.2, 0) is 19.0 Å². The van der Waals surface area contributed by atoms with Crippen molar-refractivity contribution in [2.24, 2.45) is 0 Å². The van der Waals surface area contributed by atoms with Crippen molar-refractivity contribution in [1.29, 1.82) is 0 Å². The van der Waals surface area contributed by atoms with E-state index in [2.05, 4.69) is 0 Å². The van der Waals surface area contributed by atoms with Crippen LogP contribution in [0.5, 0.6) is 0 Å². The van der Waals surface area contributed by atoms with Gasteiger partial charge in [0.05, 0.1) is 18.5 Å². The van der Waals surface area contributed by atoms with Crippen molar-refractivity contribution in [2.75, 3.05) is 20.0 Å². The fourth-order valence-electron chi connectivity index (χ4n) is 1.98. The van der Waals surface area contributed by atoms with Gasteiger partial charge in [0.1, 0.15) is 25.1 Å². The molecule has 0 spiro atoms. The van der Waals surface area contributed by atoms with Gasteiger partial charge in [-0.1, -0.05) is 39.5 Å². The molecule has 2 rings (SSSR count). The molecule has 19 heavy (non-hydrogen) atoms. The number of aliphatic hydroxyl groups excluding tert-OH is 1. The van der Waals surface area contributed by atoms with E-state index < -0.39 is 0 Å². The molecular formula is C13H26O5S. The van der Waals surface area contributed by atoms with E-state index in [0.717, 1.165) is 0 Å². The highest BCUT2D eigenvalue weighted by molar-refractivity contribution is 8.14. The van der Waals surface area contributed by atoms with Crippen LogP contribution in [0.2, 0.25) is 0 Å². The summed E-state index contributed by atoms with van der Waals surface area (Å²) in [6.45, 7) is 10.1. The summed E-state index contributed by atoms with van der Waals surface area (Å²) in [7, 11) is 0. The number of hydrogen-bond donors (Lipinski definition) is 1. The van der Waals surface area contributed by atoms with Crippen LogP contribution < -0.4 is 0 Å². The maximum absolute atomic E-state index is 11.0. The number of aliphatic hydroxyl groups is 1. The molecule has 2 aliphatic rings. The molecule has 2 aliphatic heterocycles. The summed E-state index contributed by atoms with van der Waals surface area (Å²) in [6.07, 6.45) is -0.443. The lowest BCUT2D eigenvalue weighted by Gasteiger charge is -2.15. The summed E-state index contributed by atoms with van der Waals surface area (Å²) >= 11 is 1.25. The molecular weight excluding hydrogens is 268 g/mol. The molecule has 1 N–H and O–H groups in total. The van der Waals surface area contributed by atoms with Crippen LogP contribution in [-0.4, -0.2) is 53.8 Å². The van der Waals surface area contributed by atoms with Gasteiger partial charge in [0.2, 0.25) is 0 Å². The Morgan fingerprint density at radius 3 is 2.32 bits per heavy atom. The first-order valence-corrected chi connectivity index (χ1v) is 7.73. The second-order valence-electron chi connectivity index (χ2n) is 3.58. The Bertz CT molecular complexity index is 249. The van der Waals surface area contributed by atoms with E-state index in [1.54, 1.807) is 0 Å². The number of rotatable bonds is 3. The highest BCUT2D eigenvalue weighted by Crippen LogP contribution is 2.35. The van der Waals surface area contributed by atoms with Gasteiger partial charge < -0.3 is 19.3 Å². The Hall–Kier alpha value is -0.140. The number of hydrogen-bond acceptors (Lipinski definition) is 6. The van der Waals surface area contributed by atoms with Gasteiger partial charge in [0.15, 0.2) is 5.12 Å². The molecule has 0 bridgehead atoms. The van der Waals surface area contributed by atoms with E-state index in [4.69, 9.17) is 19.3 Å². The SMILES string of the molecule is CC.CC.CC(=O)S[C@H]1CO[C@H]2[C@@H]1OC[C@H]2OCO. The van der Waals surface area contributed by atoms with Crippen LogP contribution in [0.3, 0.4) is 0 Å². The zero-order valence-electron chi connectivity index (χ0n) is 12.4. The van der Waals surface area contributed by atoms with Gasteiger partial charge in [-0.15, -0.1) is 0 Å². The van der Waals surface area contributed by atoms with E-state index in [-0.39, 0.29) is 35.5 Å². The molecule has 2 heterocycles. The van der Waals surface area contributed by atoms with Gasteiger partial charge in [-0.25, -0.2) is 0 Å². The minimum Gasteiger partial charge on any atom is -0.371 e. The predicted octanol–water partition coefficient (Wildman–Crippen LogP) is 1.82. The first kappa shape index (κ1) is 18.9. The molecule has 2 saturated heterocycles. The predicted molar refractivity (Wildman–Crippen MR) is 76.2 cm³/mol. The molecule has 4 atom stereocenters. The maximum Gasteiger partial charge on any atom is 0.186 e. The van der Waals surface area contributed by atoms with Gasteiger partial charge in [0.25, 0.3) is 0 Å². The number of thioether (sulfide) groups is 1. The van der Waals surface area contributed by atoms with Crippen molar-refractivity contribution in [1.82, 2.24) is 0 Å². The van der Waals surface area contributed by atoms with Crippen molar-refractivity contribution in [2.45, 2.75) is 58.2 Å². The quantitative estimate of drug-likeness (QED) is 0.801. The minimum atomic E-state index is -0.328. The van der Waals surface area contributed by atoms with Gasteiger partial charge in [-0.2, -0.15) is 0 Å². The molecule has 0 aromatic rings. The summed E-state index contributed by atoms with van der Waals surface area (Å²) in [5, 5.41) is 8.79. The number of carbonyl (C=O) groups is 1. The van der Waals surface area contributed by atoms with E-state index in [9.17, 15) is 4.79 Å². The largest absolute Gasteiger partial charge is 0.371 e. The standard InChI is InChI=1S/C9H14O5S.2C2H6/c1-5(11)15-7-3-13-8-6(14-4-10)2-12-9(7)8;2*1-2/h6-10H,2-4H2,1H3;2*1-2H3/t6-,7+,8-,9-;;/m1../s1. The van der Waals surface area contributed by atoms with Crippen LogP contribution in [0.25, 0.3) is 0 Å². The van der Waals surface area contributed by atoms with Crippen LogP contribution in [0.4, 0.5) is 0 Å². The Balaban J connectivity index is 0.000000741. The Labute approximate surface area is 120 Å². The third-order valence-electron chi connectivity index (χ3n) is 2.57. The third-order valence-corrected chi connectivity index (χ3v) is 3.61. The molecule has 5 nitrogen and oxygen atoms in total. The molecule has 0 aromatic heterocycles. The fourth-order valence-corrected chi connectivity index (χ4v) is 2.92. The van der Waals surface area contributed by atoms with E-state index in [1.807, 2.05) is 27.7 Å². The first-order valence-electron chi connectivity index (χ1n) is 6.85. The minimum absolute atomic E-state index is 0.0554. The Kier molecular flexibility index (Phi) is 10.5. The van der Waals surface area contributed by atoms with Crippen LogP contribution in [0.1, 0.15) is 34.6 Å². The molecule has 2 fully saturated rings. The van der Waals surface area contributed by atoms with Crippen molar-refractivity contribution < 1.29 is 24.1 Å². The maximum atomic E-state index is 11.0. The highest BCUT2D eigenvalue weighted by Gasteiger charge is 2.48. The first-order chi connectivity index (χ1) is 9.22. The van der Waals surface area contributed by atoms with Crippen molar-refractivity contribution >= 4 is 16.9 Å². The zero-order valence-corrected chi connectivity index (χ0v) is 13.2. The summed E-state index contributed by atoms with van der Waals surface area (Å²) in [5.41, 5.74) is 0. The van der Waals surface area contributed by atoms with E-state index >= 15 is 0 Å². The smallest absolute Gasteiger partial charge is 0.186 e. The Morgan fingerprint density at radius 1 is 1.21 bits per heavy atom. The van der Waals surface area contributed by atoms with Gasteiger partial charge in [-0.3, -0.25) is 4.79 Å². The average molecular weight is 294 g/mol. The van der Waals surface area contributed by atoms with E-state index in [1.165, 1.54) is 18.7 Å². The Morgan fingerprint density at radius 2 is 1.79 bits per heavy atom. The lowest BCUT2D eigenvalue weighted by Crippen LogP contribution is -2.32. The summed E-state index contributed by atoms with van der Waals surface area (Å²) in [4.78, 5) is 11.0. The summed E-state index contributed by atoms with van der Waals surface area (Å²) < 4.78 is 16.1. The molecule has 0 amide bonds. The number of carbonyl (C=O) groups excluding carboxylic acids is 1. The molecule has 0 unspecified atom stereocenters. The van der Waals surface area contributed by atoms with Gasteiger partial charge in [-0.05, 0) is 0 Å². The van der Waals surface area contributed by atoms with Crippen molar-refractivity contribution in [3.05, 3.63) is 0 Å². The monoisotopic (exact) mass is 294 g/mol. The normalized spacial score (nSPS) is 31.7. The topological polar surface area (TPSA) is 65.0 Å².